The largest absolute Gasteiger partial charge is 0.454 e. The van der Waals surface area contributed by atoms with Crippen LogP contribution in [-0.4, -0.2) is 11.8 Å². The van der Waals surface area contributed by atoms with Gasteiger partial charge in [-0.3, -0.25) is 0 Å². The Morgan fingerprint density at radius 3 is 3.12 bits per heavy atom. The van der Waals surface area contributed by atoms with Gasteiger partial charge in [-0.15, -0.1) is 11.3 Å². The summed E-state index contributed by atoms with van der Waals surface area (Å²) in [7, 11) is 0. The zero-order chi connectivity index (χ0) is 11.7. The van der Waals surface area contributed by atoms with Crippen LogP contribution in [0.3, 0.4) is 0 Å². The fourth-order valence-corrected chi connectivity index (χ4v) is 2.06. The maximum atomic E-state index is 8.88. The Labute approximate surface area is 101 Å². The average Bonchev–Trinajstić information content (AvgIpc) is 2.96. The summed E-state index contributed by atoms with van der Waals surface area (Å²) < 4.78 is 10.5. The van der Waals surface area contributed by atoms with Crippen LogP contribution in [0.5, 0.6) is 11.5 Å². The van der Waals surface area contributed by atoms with Gasteiger partial charge in [0, 0.05) is 11.8 Å². The molecule has 1 aromatic carbocycles. The van der Waals surface area contributed by atoms with E-state index in [1.165, 1.54) is 11.3 Å². The Morgan fingerprint density at radius 1 is 1.35 bits per heavy atom. The topological polar surface area (TPSA) is 67.2 Å². The molecule has 0 aliphatic carbocycles. The van der Waals surface area contributed by atoms with E-state index < -0.39 is 0 Å². The fraction of sp³-hybridized carbons (Fsp3) is 0.0909. The summed E-state index contributed by atoms with van der Waals surface area (Å²) in [5.41, 5.74) is 2.45. The van der Waals surface area contributed by atoms with Crippen LogP contribution in [0.25, 0.3) is 0 Å². The van der Waals surface area contributed by atoms with Crippen molar-refractivity contribution in [2.45, 2.75) is 0 Å². The number of nitrogens with one attached hydrogen (secondary N) is 1. The molecule has 1 aromatic heterocycles. The van der Waals surface area contributed by atoms with E-state index in [0.29, 0.717) is 16.4 Å². The van der Waals surface area contributed by atoms with Crippen molar-refractivity contribution in [3.63, 3.8) is 0 Å². The maximum absolute atomic E-state index is 8.88. The van der Waals surface area contributed by atoms with Crippen molar-refractivity contribution in [3.8, 4) is 17.6 Å². The molecule has 0 atom stereocenters. The molecule has 0 saturated heterocycles. The third-order valence-electron chi connectivity index (χ3n) is 2.30. The zero-order valence-corrected chi connectivity index (χ0v) is 9.45. The Balaban J connectivity index is 1.89. The van der Waals surface area contributed by atoms with E-state index in [9.17, 15) is 0 Å². The first-order chi connectivity index (χ1) is 8.36. The van der Waals surface area contributed by atoms with E-state index in [4.69, 9.17) is 14.7 Å². The molecule has 84 valence electrons. The van der Waals surface area contributed by atoms with Crippen LogP contribution in [0.2, 0.25) is 0 Å². The molecule has 0 radical (unpaired) electrons. The van der Waals surface area contributed by atoms with Gasteiger partial charge >= 0.3 is 0 Å². The van der Waals surface area contributed by atoms with Crippen LogP contribution in [0, 0.1) is 11.3 Å². The highest BCUT2D eigenvalue weighted by molar-refractivity contribution is 7.10. The lowest BCUT2D eigenvalue weighted by molar-refractivity contribution is 0.174. The molecule has 0 spiro atoms. The molecule has 0 amide bonds. The smallest absolute Gasteiger partial charge is 0.231 e. The van der Waals surface area contributed by atoms with Crippen LogP contribution in [0.1, 0.15) is 4.88 Å². The van der Waals surface area contributed by atoms with Crippen molar-refractivity contribution in [2.75, 3.05) is 12.1 Å². The van der Waals surface area contributed by atoms with Crippen molar-refractivity contribution in [1.82, 2.24) is 4.98 Å². The van der Waals surface area contributed by atoms with Gasteiger partial charge in [0.1, 0.15) is 10.9 Å². The first kappa shape index (κ1) is 9.93. The van der Waals surface area contributed by atoms with Crippen LogP contribution in [-0.2, 0) is 0 Å². The molecule has 5 nitrogen and oxygen atoms in total. The highest BCUT2D eigenvalue weighted by Gasteiger charge is 2.14. The first-order valence-electron chi connectivity index (χ1n) is 4.87. The van der Waals surface area contributed by atoms with Gasteiger partial charge in [-0.1, -0.05) is 0 Å². The number of fused-ring (bicyclic) bond motifs is 1. The molecule has 2 aromatic rings. The molecule has 0 saturated carbocycles. The van der Waals surface area contributed by atoms with Crippen molar-refractivity contribution in [1.29, 1.82) is 5.26 Å². The second-order valence-electron chi connectivity index (χ2n) is 3.33. The molecular weight excluding hydrogens is 238 g/mol. The van der Waals surface area contributed by atoms with E-state index in [0.717, 1.165) is 11.4 Å². The number of hydrogen-bond donors (Lipinski definition) is 1. The summed E-state index contributed by atoms with van der Waals surface area (Å²) in [5.74, 6) is 1.99. The van der Waals surface area contributed by atoms with E-state index in [2.05, 4.69) is 16.4 Å². The number of nitriles is 1. The standard InChI is InChI=1S/C11H7N3O2S/c12-4-10-11(13-5-17-10)14-7-1-2-8-9(3-7)16-6-15-8/h1-3,5,14H,6H2. The monoisotopic (exact) mass is 245 g/mol. The van der Waals surface area contributed by atoms with Gasteiger partial charge in [0.2, 0.25) is 6.79 Å². The molecule has 1 aliphatic heterocycles. The quantitative estimate of drug-likeness (QED) is 0.880. The highest BCUT2D eigenvalue weighted by atomic mass is 32.1. The van der Waals surface area contributed by atoms with Gasteiger partial charge in [-0.25, -0.2) is 4.98 Å². The molecule has 2 heterocycles. The first-order valence-corrected chi connectivity index (χ1v) is 5.75. The summed E-state index contributed by atoms with van der Waals surface area (Å²) in [6.07, 6.45) is 0. The van der Waals surface area contributed by atoms with Crippen LogP contribution >= 0.6 is 11.3 Å². The minimum Gasteiger partial charge on any atom is -0.454 e. The number of thiazole rings is 1. The maximum Gasteiger partial charge on any atom is 0.231 e. The minimum absolute atomic E-state index is 0.249. The molecule has 0 bridgehead atoms. The molecule has 17 heavy (non-hydrogen) atoms. The number of ether oxygens (including phenoxy) is 2. The zero-order valence-electron chi connectivity index (χ0n) is 8.64. The Hall–Kier alpha value is -2.26. The van der Waals surface area contributed by atoms with E-state index >= 15 is 0 Å². The van der Waals surface area contributed by atoms with E-state index in [-0.39, 0.29) is 6.79 Å². The van der Waals surface area contributed by atoms with Gasteiger partial charge in [-0.05, 0) is 12.1 Å². The molecule has 3 rings (SSSR count). The third kappa shape index (κ3) is 1.77. The predicted molar refractivity (Wildman–Crippen MR) is 62.7 cm³/mol. The van der Waals surface area contributed by atoms with Gasteiger partial charge in [-0.2, -0.15) is 5.26 Å². The second-order valence-corrected chi connectivity index (χ2v) is 4.19. The van der Waals surface area contributed by atoms with Crippen molar-refractivity contribution in [2.24, 2.45) is 0 Å². The van der Waals surface area contributed by atoms with Crippen LogP contribution in [0.4, 0.5) is 11.5 Å². The predicted octanol–water partition coefficient (Wildman–Crippen LogP) is 2.49. The molecule has 0 unspecified atom stereocenters. The molecule has 1 N–H and O–H groups in total. The third-order valence-corrected chi connectivity index (χ3v) is 3.04. The number of hydrogen-bond acceptors (Lipinski definition) is 6. The SMILES string of the molecule is N#Cc1scnc1Nc1ccc2c(c1)OCO2. The van der Waals surface area contributed by atoms with Crippen LogP contribution in [0.15, 0.2) is 23.7 Å². The van der Waals surface area contributed by atoms with E-state index in [1.807, 2.05) is 18.2 Å². The normalized spacial score (nSPS) is 12.2. The average molecular weight is 245 g/mol. The molecular formula is C11H7N3O2S. The number of rotatable bonds is 2. The lowest BCUT2D eigenvalue weighted by Crippen LogP contribution is -1.93. The summed E-state index contributed by atoms with van der Waals surface area (Å²) in [5, 5.41) is 12.0. The number of anilines is 2. The van der Waals surface area contributed by atoms with E-state index in [1.54, 1.807) is 5.51 Å². The Bertz CT molecular complexity index is 603. The molecule has 1 aliphatic rings. The Kier molecular flexibility index (Phi) is 2.31. The summed E-state index contributed by atoms with van der Waals surface area (Å²) in [6.45, 7) is 0.249. The van der Waals surface area contributed by atoms with Crippen LogP contribution < -0.4 is 14.8 Å². The van der Waals surface area contributed by atoms with Gasteiger partial charge in [0.15, 0.2) is 17.3 Å². The lowest BCUT2D eigenvalue weighted by atomic mass is 10.3. The van der Waals surface area contributed by atoms with Gasteiger partial charge in [0.05, 0.1) is 5.51 Å². The van der Waals surface area contributed by atoms with Crippen molar-refractivity contribution >= 4 is 22.8 Å². The molecule has 0 fully saturated rings. The van der Waals surface area contributed by atoms with Gasteiger partial charge in [0.25, 0.3) is 0 Å². The Morgan fingerprint density at radius 2 is 2.24 bits per heavy atom. The van der Waals surface area contributed by atoms with Crippen molar-refractivity contribution < 1.29 is 9.47 Å². The highest BCUT2D eigenvalue weighted by Crippen LogP contribution is 2.35. The second kappa shape index (κ2) is 3.96. The summed E-state index contributed by atoms with van der Waals surface area (Å²) in [4.78, 5) is 4.65. The van der Waals surface area contributed by atoms with Gasteiger partial charge < -0.3 is 14.8 Å². The summed E-state index contributed by atoms with van der Waals surface area (Å²) in [6, 6.07) is 7.59. The lowest BCUT2D eigenvalue weighted by Gasteiger charge is -2.04. The van der Waals surface area contributed by atoms with Crippen molar-refractivity contribution in [3.05, 3.63) is 28.6 Å². The number of benzene rings is 1. The number of aromatic nitrogens is 1. The molecule has 6 heteroatoms. The fourth-order valence-electron chi connectivity index (χ4n) is 1.53. The minimum atomic E-state index is 0.249. The summed E-state index contributed by atoms with van der Waals surface area (Å²) >= 11 is 1.30. The number of nitrogens with zero attached hydrogens (tertiary/aromatic N) is 2.